The Morgan fingerprint density at radius 2 is 1.74 bits per heavy atom. The van der Waals surface area contributed by atoms with Crippen LogP contribution in [0.3, 0.4) is 0 Å². The van der Waals surface area contributed by atoms with E-state index in [2.05, 4.69) is 33.6 Å². The second-order valence-corrected chi connectivity index (χ2v) is 4.57. The Hall–Kier alpha value is -2.02. The molecule has 0 aliphatic rings. The van der Waals surface area contributed by atoms with Crippen molar-refractivity contribution in [3.63, 3.8) is 0 Å². The first-order valence-corrected chi connectivity index (χ1v) is 6.47. The molecule has 0 unspecified atom stereocenters. The van der Waals surface area contributed by atoms with E-state index >= 15 is 0 Å². The first kappa shape index (κ1) is 15.0. The van der Waals surface area contributed by atoms with Gasteiger partial charge in [0.25, 0.3) is 0 Å². The summed E-state index contributed by atoms with van der Waals surface area (Å²) in [5, 5.41) is 0. The molecule has 0 aliphatic heterocycles. The maximum Gasteiger partial charge on any atom is 0.135 e. The van der Waals surface area contributed by atoms with Gasteiger partial charge in [-0.3, -0.25) is 0 Å². The van der Waals surface area contributed by atoms with E-state index in [1.54, 1.807) is 6.08 Å². The van der Waals surface area contributed by atoms with E-state index in [9.17, 15) is 0 Å². The van der Waals surface area contributed by atoms with Crippen LogP contribution in [0.25, 0.3) is 24.3 Å². The van der Waals surface area contributed by atoms with E-state index < -0.39 is 0 Å². The van der Waals surface area contributed by atoms with Gasteiger partial charge in [-0.1, -0.05) is 57.9 Å². The molecule has 1 heterocycles. The number of rotatable bonds is 6. The highest BCUT2D eigenvalue weighted by Crippen LogP contribution is 2.29. The zero-order chi connectivity index (χ0) is 14.4. The van der Waals surface area contributed by atoms with Gasteiger partial charge in [0.15, 0.2) is 0 Å². The summed E-state index contributed by atoms with van der Waals surface area (Å²) >= 11 is 0. The van der Waals surface area contributed by atoms with Crippen LogP contribution in [0.2, 0.25) is 0 Å². The van der Waals surface area contributed by atoms with Gasteiger partial charge in [0.05, 0.1) is 0 Å². The molecule has 0 radical (unpaired) electrons. The van der Waals surface area contributed by atoms with Gasteiger partial charge < -0.3 is 4.42 Å². The van der Waals surface area contributed by atoms with Crippen molar-refractivity contribution in [1.82, 2.24) is 0 Å². The smallest absolute Gasteiger partial charge is 0.135 e. The molecule has 0 aromatic carbocycles. The summed E-state index contributed by atoms with van der Waals surface area (Å²) in [4.78, 5) is 0. The fraction of sp³-hybridized carbons (Fsp3) is 0.222. The normalized spacial score (nSPS) is 12.1. The zero-order valence-corrected chi connectivity index (χ0v) is 12.1. The monoisotopic (exact) mass is 254 g/mol. The minimum absolute atomic E-state index is 0.401. The highest BCUT2D eigenvalue weighted by molar-refractivity contribution is 5.77. The molecule has 19 heavy (non-hydrogen) atoms. The van der Waals surface area contributed by atoms with Gasteiger partial charge in [-0.15, -0.1) is 0 Å². The molecule has 0 N–H and O–H groups in total. The molecular formula is C18H22O. The second-order valence-electron chi connectivity index (χ2n) is 4.57. The largest absolute Gasteiger partial charge is 0.456 e. The van der Waals surface area contributed by atoms with Gasteiger partial charge in [-0.2, -0.15) is 0 Å². The van der Waals surface area contributed by atoms with Crippen molar-refractivity contribution in [2.75, 3.05) is 0 Å². The standard InChI is InChI=1S/C18H22O/c1-7-11-16-15(9-3)18(19-17(16)10-4)12-14(8-2)13(5)6/h7-13H,2-4H2,1,5-6H3/b11-7-,14-12+. The highest BCUT2D eigenvalue weighted by Gasteiger charge is 2.13. The third-order valence-electron chi connectivity index (χ3n) is 2.96. The predicted molar refractivity (Wildman–Crippen MR) is 86.6 cm³/mol. The Labute approximate surface area is 116 Å². The lowest BCUT2D eigenvalue weighted by molar-refractivity contribution is 0.545. The van der Waals surface area contributed by atoms with Crippen LogP contribution < -0.4 is 0 Å². The molecule has 0 atom stereocenters. The van der Waals surface area contributed by atoms with Crippen molar-refractivity contribution in [2.24, 2.45) is 5.92 Å². The minimum Gasteiger partial charge on any atom is -0.456 e. The maximum atomic E-state index is 5.86. The Morgan fingerprint density at radius 1 is 1.05 bits per heavy atom. The lowest BCUT2D eigenvalue weighted by Gasteiger charge is -2.04. The molecular weight excluding hydrogens is 232 g/mol. The fourth-order valence-corrected chi connectivity index (χ4v) is 1.91. The van der Waals surface area contributed by atoms with Crippen LogP contribution in [0.15, 0.2) is 41.9 Å². The summed E-state index contributed by atoms with van der Waals surface area (Å²) in [5.41, 5.74) is 3.15. The molecule has 1 heteroatoms. The van der Waals surface area contributed by atoms with Gasteiger partial charge in [0, 0.05) is 11.1 Å². The second kappa shape index (κ2) is 6.79. The molecule has 1 aromatic rings. The minimum atomic E-state index is 0.401. The van der Waals surface area contributed by atoms with Crippen LogP contribution in [-0.2, 0) is 0 Å². The molecule has 100 valence electrons. The molecule has 0 amide bonds. The van der Waals surface area contributed by atoms with Crippen LogP contribution in [0.1, 0.15) is 43.4 Å². The predicted octanol–water partition coefficient (Wildman–Crippen LogP) is 5.82. The van der Waals surface area contributed by atoms with Gasteiger partial charge in [0.1, 0.15) is 11.5 Å². The average Bonchev–Trinajstić information content (AvgIpc) is 2.73. The Bertz CT molecular complexity index is 536. The SMILES string of the molecule is C=C/C(=C\c1oc(C=C)c(/C=C\C)c1C=C)C(C)C. The molecule has 0 bridgehead atoms. The van der Waals surface area contributed by atoms with Crippen molar-refractivity contribution in [2.45, 2.75) is 20.8 Å². The third kappa shape index (κ3) is 3.25. The maximum absolute atomic E-state index is 5.86. The summed E-state index contributed by atoms with van der Waals surface area (Å²) in [6.07, 6.45) is 11.4. The Kier molecular flexibility index (Phi) is 5.37. The van der Waals surface area contributed by atoms with Crippen molar-refractivity contribution >= 4 is 24.3 Å². The fourth-order valence-electron chi connectivity index (χ4n) is 1.91. The summed E-state index contributed by atoms with van der Waals surface area (Å²) < 4.78 is 5.86. The van der Waals surface area contributed by atoms with E-state index in [0.29, 0.717) is 5.92 Å². The van der Waals surface area contributed by atoms with Crippen molar-refractivity contribution in [3.05, 3.63) is 60.1 Å². The number of hydrogen-bond donors (Lipinski definition) is 0. The van der Waals surface area contributed by atoms with Gasteiger partial charge in [-0.05, 0) is 30.6 Å². The van der Waals surface area contributed by atoms with Crippen LogP contribution in [0.5, 0.6) is 0 Å². The molecule has 1 aromatic heterocycles. The van der Waals surface area contributed by atoms with Crippen LogP contribution in [-0.4, -0.2) is 0 Å². The molecule has 1 nitrogen and oxygen atoms in total. The number of furan rings is 1. The van der Waals surface area contributed by atoms with Gasteiger partial charge in [-0.25, -0.2) is 0 Å². The molecule has 0 spiro atoms. The van der Waals surface area contributed by atoms with Crippen molar-refractivity contribution in [1.29, 1.82) is 0 Å². The number of hydrogen-bond acceptors (Lipinski definition) is 1. The average molecular weight is 254 g/mol. The lowest BCUT2D eigenvalue weighted by atomic mass is 10.0. The number of allylic oxidation sites excluding steroid dienone is 3. The topological polar surface area (TPSA) is 13.1 Å². The van der Waals surface area contributed by atoms with Crippen LogP contribution >= 0.6 is 0 Å². The Morgan fingerprint density at radius 3 is 2.16 bits per heavy atom. The molecule has 0 aliphatic carbocycles. The van der Waals surface area contributed by atoms with Gasteiger partial charge >= 0.3 is 0 Å². The molecule has 1 rings (SSSR count). The first-order valence-electron chi connectivity index (χ1n) is 6.47. The van der Waals surface area contributed by atoms with Crippen LogP contribution in [0, 0.1) is 5.92 Å². The van der Waals surface area contributed by atoms with E-state index in [1.807, 2.05) is 37.3 Å². The summed E-state index contributed by atoms with van der Waals surface area (Å²) in [6, 6.07) is 0. The van der Waals surface area contributed by atoms with Crippen LogP contribution in [0.4, 0.5) is 0 Å². The van der Waals surface area contributed by atoms with Crippen molar-refractivity contribution in [3.8, 4) is 0 Å². The molecule has 0 saturated carbocycles. The lowest BCUT2D eigenvalue weighted by Crippen LogP contribution is -1.89. The molecule has 0 fully saturated rings. The zero-order valence-electron chi connectivity index (χ0n) is 12.1. The summed E-state index contributed by atoms with van der Waals surface area (Å²) in [6.45, 7) is 17.8. The third-order valence-corrected chi connectivity index (χ3v) is 2.96. The van der Waals surface area contributed by atoms with E-state index in [4.69, 9.17) is 4.42 Å². The summed E-state index contributed by atoms with van der Waals surface area (Å²) in [5.74, 6) is 1.98. The van der Waals surface area contributed by atoms with E-state index in [0.717, 1.165) is 28.2 Å². The Balaban J connectivity index is 3.48. The van der Waals surface area contributed by atoms with Gasteiger partial charge in [0.2, 0.25) is 0 Å². The molecule has 0 saturated heterocycles. The quantitative estimate of drug-likeness (QED) is 0.582. The summed E-state index contributed by atoms with van der Waals surface area (Å²) in [7, 11) is 0. The van der Waals surface area contributed by atoms with E-state index in [1.165, 1.54) is 0 Å². The van der Waals surface area contributed by atoms with E-state index in [-0.39, 0.29) is 0 Å². The highest BCUT2D eigenvalue weighted by atomic mass is 16.3. The van der Waals surface area contributed by atoms with Crippen molar-refractivity contribution < 1.29 is 4.42 Å². The first-order chi connectivity index (χ1) is 9.08.